The summed E-state index contributed by atoms with van der Waals surface area (Å²) in [5.41, 5.74) is 0.422. The van der Waals surface area contributed by atoms with Gasteiger partial charge in [-0.2, -0.15) is 0 Å². The third kappa shape index (κ3) is 4.61. The third-order valence-electron chi connectivity index (χ3n) is 14.3. The molecule has 0 radical (unpaired) electrons. The summed E-state index contributed by atoms with van der Waals surface area (Å²) in [6.45, 7) is 16.9. The lowest BCUT2D eigenvalue weighted by molar-refractivity contribution is -0.202. The highest BCUT2D eigenvalue weighted by molar-refractivity contribution is 5.95. The zero-order chi connectivity index (χ0) is 30.1. The highest BCUT2D eigenvalue weighted by Crippen LogP contribution is 2.75. The number of esters is 1. The molecule has 0 bridgehead atoms. The Morgan fingerprint density at radius 3 is 2.29 bits per heavy atom. The van der Waals surface area contributed by atoms with Crippen molar-refractivity contribution in [3.63, 3.8) is 0 Å². The van der Waals surface area contributed by atoms with Crippen molar-refractivity contribution in [3.05, 3.63) is 11.6 Å². The minimum atomic E-state index is -0.525. The molecule has 232 valence electrons. The molecular formula is C36H58O5. The predicted molar refractivity (Wildman–Crippen MR) is 162 cm³/mol. The van der Waals surface area contributed by atoms with Crippen molar-refractivity contribution in [1.29, 1.82) is 0 Å². The molecule has 0 saturated heterocycles. The van der Waals surface area contributed by atoms with Crippen LogP contribution in [0.1, 0.15) is 132 Å². The summed E-state index contributed by atoms with van der Waals surface area (Å²) in [5.74, 6) is 0.765. The highest BCUT2D eigenvalue weighted by Gasteiger charge is 2.70. The summed E-state index contributed by atoms with van der Waals surface area (Å²) in [6, 6.07) is 0. The minimum Gasteiger partial charge on any atom is -0.465 e. The van der Waals surface area contributed by atoms with Crippen LogP contribution in [0.25, 0.3) is 0 Å². The lowest BCUT2D eigenvalue weighted by atomic mass is 9.33. The molecule has 41 heavy (non-hydrogen) atoms. The quantitative estimate of drug-likeness (QED) is 0.246. The van der Waals surface area contributed by atoms with Gasteiger partial charge in [-0.1, -0.05) is 53.5 Å². The zero-order valence-corrected chi connectivity index (χ0v) is 27.1. The van der Waals surface area contributed by atoms with Crippen molar-refractivity contribution in [2.24, 2.45) is 50.2 Å². The van der Waals surface area contributed by atoms with Crippen molar-refractivity contribution in [2.75, 3.05) is 13.2 Å². The van der Waals surface area contributed by atoms with Crippen LogP contribution in [0.3, 0.4) is 0 Å². The molecule has 0 aliphatic heterocycles. The first-order chi connectivity index (χ1) is 19.1. The van der Waals surface area contributed by atoms with Crippen LogP contribution in [0.2, 0.25) is 0 Å². The second-order valence-electron chi connectivity index (χ2n) is 16.9. The summed E-state index contributed by atoms with van der Waals surface area (Å²) in [5, 5.41) is 20.0. The maximum absolute atomic E-state index is 14.5. The van der Waals surface area contributed by atoms with Gasteiger partial charge >= 0.3 is 5.97 Å². The van der Waals surface area contributed by atoms with Gasteiger partial charge in [0.05, 0.1) is 18.1 Å². The van der Waals surface area contributed by atoms with Gasteiger partial charge in [0.15, 0.2) is 5.78 Å². The van der Waals surface area contributed by atoms with E-state index in [1.54, 1.807) is 0 Å². The van der Waals surface area contributed by atoms with E-state index in [0.29, 0.717) is 18.3 Å². The number of carbonyl (C=O) groups is 2. The number of carbonyl (C=O) groups excluding carboxylic acids is 2. The number of allylic oxidation sites excluding steroid dienone is 2. The van der Waals surface area contributed by atoms with E-state index in [9.17, 15) is 14.7 Å². The van der Waals surface area contributed by atoms with E-state index in [-0.39, 0.29) is 57.6 Å². The van der Waals surface area contributed by atoms with Crippen molar-refractivity contribution in [2.45, 2.75) is 138 Å². The van der Waals surface area contributed by atoms with Gasteiger partial charge in [0.25, 0.3) is 0 Å². The van der Waals surface area contributed by atoms with E-state index in [1.807, 2.05) is 0 Å². The second-order valence-corrected chi connectivity index (χ2v) is 16.9. The zero-order valence-electron chi connectivity index (χ0n) is 27.1. The molecule has 5 heteroatoms. The SMILES string of the molecule is CC1(C)[C@@H](O)CC[C@]2(C)[C@H]3C(=O)C=C4[C@@H]5C[C@@](C)(C(=O)OCCCCCCO)CC[C@]5(C)CC[C@@]4(C)[C@]3(C)CC[C@@H]12. The molecule has 0 aromatic heterocycles. The molecule has 5 aliphatic carbocycles. The monoisotopic (exact) mass is 570 g/mol. The molecule has 4 fully saturated rings. The van der Waals surface area contributed by atoms with Gasteiger partial charge < -0.3 is 14.9 Å². The molecule has 0 aromatic carbocycles. The molecule has 5 rings (SSSR count). The summed E-state index contributed by atoms with van der Waals surface area (Å²) >= 11 is 0. The number of ketones is 1. The number of hydrogen-bond acceptors (Lipinski definition) is 5. The number of aliphatic hydroxyl groups excluding tert-OH is 2. The number of fused-ring (bicyclic) bond motifs is 7. The Kier molecular flexibility index (Phi) is 7.97. The molecular weight excluding hydrogens is 512 g/mol. The second kappa shape index (κ2) is 10.5. The van der Waals surface area contributed by atoms with E-state index < -0.39 is 5.41 Å². The van der Waals surface area contributed by atoms with E-state index in [4.69, 9.17) is 9.84 Å². The Labute approximate surface area is 249 Å². The predicted octanol–water partition coefficient (Wildman–Crippen LogP) is 7.42. The van der Waals surface area contributed by atoms with Crippen LogP contribution >= 0.6 is 0 Å². The first-order valence-electron chi connectivity index (χ1n) is 16.8. The van der Waals surface area contributed by atoms with Crippen LogP contribution in [0, 0.1) is 50.2 Å². The lowest BCUT2D eigenvalue weighted by Gasteiger charge is -2.70. The Bertz CT molecular complexity index is 1080. The molecule has 0 aromatic rings. The fourth-order valence-corrected chi connectivity index (χ4v) is 11.3. The molecule has 0 amide bonds. The number of ether oxygens (including phenoxy) is 1. The Hall–Kier alpha value is -1.20. The van der Waals surface area contributed by atoms with Gasteiger partial charge in [0, 0.05) is 12.5 Å². The van der Waals surface area contributed by atoms with Crippen molar-refractivity contribution in [3.8, 4) is 0 Å². The number of hydrogen-bond donors (Lipinski definition) is 2. The number of aliphatic hydroxyl groups is 2. The minimum absolute atomic E-state index is 0.0237. The maximum atomic E-state index is 14.5. The largest absolute Gasteiger partial charge is 0.465 e. The van der Waals surface area contributed by atoms with Gasteiger partial charge in [-0.05, 0) is 129 Å². The normalized spacial score (nSPS) is 46.9. The van der Waals surface area contributed by atoms with Crippen LogP contribution in [0.15, 0.2) is 11.6 Å². The average Bonchev–Trinajstić information content (AvgIpc) is 2.90. The van der Waals surface area contributed by atoms with Gasteiger partial charge in [-0.3, -0.25) is 9.59 Å². The maximum Gasteiger partial charge on any atom is 0.311 e. The molecule has 2 N–H and O–H groups in total. The first-order valence-corrected chi connectivity index (χ1v) is 16.8. The fourth-order valence-electron chi connectivity index (χ4n) is 11.3. The molecule has 0 heterocycles. The summed E-state index contributed by atoms with van der Waals surface area (Å²) in [7, 11) is 0. The van der Waals surface area contributed by atoms with Gasteiger partial charge in [-0.25, -0.2) is 0 Å². The lowest BCUT2D eigenvalue weighted by Crippen LogP contribution is -2.66. The van der Waals surface area contributed by atoms with Crippen molar-refractivity contribution in [1.82, 2.24) is 0 Å². The van der Waals surface area contributed by atoms with E-state index in [2.05, 4.69) is 54.5 Å². The average molecular weight is 571 g/mol. The van der Waals surface area contributed by atoms with Crippen LogP contribution in [-0.4, -0.2) is 41.3 Å². The third-order valence-corrected chi connectivity index (χ3v) is 14.3. The van der Waals surface area contributed by atoms with Crippen LogP contribution in [-0.2, 0) is 14.3 Å². The van der Waals surface area contributed by atoms with Crippen LogP contribution in [0.4, 0.5) is 0 Å². The van der Waals surface area contributed by atoms with E-state index >= 15 is 0 Å². The summed E-state index contributed by atoms with van der Waals surface area (Å²) in [4.78, 5) is 28.0. The molecule has 4 saturated carbocycles. The topological polar surface area (TPSA) is 83.8 Å². The van der Waals surface area contributed by atoms with Gasteiger partial charge in [0.1, 0.15) is 0 Å². The van der Waals surface area contributed by atoms with Gasteiger partial charge in [-0.15, -0.1) is 0 Å². The Balaban J connectivity index is 1.43. The fraction of sp³-hybridized carbons (Fsp3) is 0.889. The smallest absolute Gasteiger partial charge is 0.311 e. The first kappa shape index (κ1) is 31.2. The summed E-state index contributed by atoms with van der Waals surface area (Å²) in [6.07, 6.45) is 14.0. The molecule has 5 aliphatic rings. The molecule has 0 unspecified atom stereocenters. The standard InChI is InChI=1S/C36H58O5/c1-31(2)27-12-15-36(7)29(34(27,5)14-13-28(31)39)26(38)22-24-25-23-33(4,30(40)41-21-11-9-8-10-20-37)17-16-32(25,3)18-19-35(24,36)6/h22,25,27-29,37,39H,8-21,23H2,1-7H3/t25-,27-,28-,29+,32+,33-,34-,35+,36+/m0/s1. The molecule has 5 nitrogen and oxygen atoms in total. The summed E-state index contributed by atoms with van der Waals surface area (Å²) < 4.78 is 5.86. The van der Waals surface area contributed by atoms with Gasteiger partial charge in [0.2, 0.25) is 0 Å². The van der Waals surface area contributed by atoms with E-state index in [0.717, 1.165) is 83.5 Å². The molecule has 0 spiro atoms. The van der Waals surface area contributed by atoms with Crippen molar-refractivity contribution >= 4 is 11.8 Å². The van der Waals surface area contributed by atoms with Crippen LogP contribution in [0.5, 0.6) is 0 Å². The van der Waals surface area contributed by atoms with Crippen LogP contribution < -0.4 is 0 Å². The number of rotatable bonds is 7. The highest BCUT2D eigenvalue weighted by atomic mass is 16.5. The number of unbranched alkanes of at least 4 members (excludes halogenated alkanes) is 3. The van der Waals surface area contributed by atoms with Crippen molar-refractivity contribution < 1.29 is 24.5 Å². The molecule has 9 atom stereocenters. The van der Waals surface area contributed by atoms with E-state index in [1.165, 1.54) is 5.57 Å². The Morgan fingerprint density at radius 2 is 1.59 bits per heavy atom. The Morgan fingerprint density at radius 1 is 0.902 bits per heavy atom.